The van der Waals surface area contributed by atoms with Gasteiger partial charge in [0, 0.05) is 12.0 Å². The van der Waals surface area contributed by atoms with Crippen LogP contribution in [0.15, 0.2) is 11.6 Å². The standard InChI is InChI=1S/C36H59NO2S/c1-31(2)16-18-36(30(40)39-23-22-37-20-8-9-21-37)19-17-34(6)25(26(36)24-31)10-11-28-33(5)14-13-29(38)32(3,4)27(33)12-15-35(28,34)7/h10,26-29,38H,8-9,11-24H2,1-7H3/t26-,27-,28+,29-,33-,34+,35+,36-/m0/s1. The summed E-state index contributed by atoms with van der Waals surface area (Å²) in [5, 5.41) is 12.0. The van der Waals surface area contributed by atoms with Crippen LogP contribution in [0, 0.1) is 50.2 Å². The molecule has 5 fully saturated rings. The van der Waals surface area contributed by atoms with Crippen molar-refractivity contribution in [3.63, 3.8) is 0 Å². The molecular formula is C36H59NO2S. The SMILES string of the molecule is CC1(C)CC[C@]2(C(=S)OCCN3CCCC3)CC[C@]3(C)C(=CC[C@@H]4[C@@]5(C)CC[C@H](O)C(C)(C)[C@@H]5CC[C@]43C)[C@@H]2C1. The lowest BCUT2D eigenvalue weighted by atomic mass is 9.33. The summed E-state index contributed by atoms with van der Waals surface area (Å²) in [6, 6.07) is 0. The number of aliphatic hydroxyl groups excluding tert-OH is 1. The first-order valence-electron chi connectivity index (χ1n) is 17.0. The Labute approximate surface area is 251 Å². The number of likely N-dealkylation sites (tertiary alicyclic amines) is 1. The van der Waals surface area contributed by atoms with Crippen molar-refractivity contribution in [2.45, 2.75) is 132 Å². The molecule has 0 aromatic carbocycles. The van der Waals surface area contributed by atoms with Gasteiger partial charge < -0.3 is 9.84 Å². The van der Waals surface area contributed by atoms with E-state index in [1.54, 1.807) is 5.57 Å². The van der Waals surface area contributed by atoms with Crippen molar-refractivity contribution in [3.8, 4) is 0 Å². The first kappa shape index (κ1) is 29.6. The van der Waals surface area contributed by atoms with E-state index in [2.05, 4.69) is 59.4 Å². The highest BCUT2D eigenvalue weighted by Crippen LogP contribution is 2.75. The number of thiocarbonyl (C=S) groups is 1. The van der Waals surface area contributed by atoms with Gasteiger partial charge in [0.15, 0.2) is 5.05 Å². The Hall–Kier alpha value is -0.450. The number of nitrogens with zero attached hydrogens (tertiary/aromatic N) is 1. The number of ether oxygens (including phenoxy) is 1. The maximum atomic E-state index is 11.0. The molecule has 4 heteroatoms. The van der Waals surface area contributed by atoms with Crippen molar-refractivity contribution in [1.29, 1.82) is 0 Å². The normalized spacial score (nSPS) is 47.8. The highest BCUT2D eigenvalue weighted by atomic mass is 32.1. The van der Waals surface area contributed by atoms with Crippen LogP contribution in [0.25, 0.3) is 0 Å². The molecule has 4 saturated carbocycles. The summed E-state index contributed by atoms with van der Waals surface area (Å²) < 4.78 is 6.57. The Bertz CT molecular complexity index is 1040. The summed E-state index contributed by atoms with van der Waals surface area (Å²) in [5.41, 5.74) is 2.96. The van der Waals surface area contributed by atoms with E-state index in [1.165, 1.54) is 83.7 Å². The van der Waals surface area contributed by atoms with Crippen molar-refractivity contribution in [2.24, 2.45) is 50.2 Å². The van der Waals surface area contributed by atoms with E-state index in [-0.39, 0.29) is 22.3 Å². The molecule has 1 aliphatic heterocycles. The third-order valence-corrected chi connectivity index (χ3v) is 15.4. The minimum absolute atomic E-state index is 0.00688. The molecule has 226 valence electrons. The topological polar surface area (TPSA) is 32.7 Å². The molecule has 0 radical (unpaired) electrons. The van der Waals surface area contributed by atoms with Crippen LogP contribution < -0.4 is 0 Å². The Kier molecular flexibility index (Phi) is 7.24. The smallest absolute Gasteiger partial charge is 0.166 e. The lowest BCUT2D eigenvalue weighted by molar-refractivity contribution is -0.201. The summed E-state index contributed by atoms with van der Waals surface area (Å²) in [7, 11) is 0. The Morgan fingerprint density at radius 1 is 0.925 bits per heavy atom. The first-order chi connectivity index (χ1) is 18.7. The van der Waals surface area contributed by atoms with E-state index >= 15 is 0 Å². The van der Waals surface area contributed by atoms with Crippen molar-refractivity contribution in [2.75, 3.05) is 26.2 Å². The van der Waals surface area contributed by atoms with Gasteiger partial charge in [-0.1, -0.05) is 60.1 Å². The van der Waals surface area contributed by atoms with Gasteiger partial charge in [-0.3, -0.25) is 4.90 Å². The van der Waals surface area contributed by atoms with Crippen LogP contribution in [0.2, 0.25) is 0 Å². The highest BCUT2D eigenvalue weighted by molar-refractivity contribution is 7.80. The molecule has 1 heterocycles. The van der Waals surface area contributed by atoms with E-state index in [0.29, 0.717) is 34.0 Å². The fraction of sp³-hybridized carbons (Fsp3) is 0.917. The quantitative estimate of drug-likeness (QED) is 0.271. The minimum Gasteiger partial charge on any atom is -0.485 e. The monoisotopic (exact) mass is 569 g/mol. The molecule has 40 heavy (non-hydrogen) atoms. The predicted molar refractivity (Wildman–Crippen MR) is 169 cm³/mol. The zero-order valence-corrected chi connectivity index (χ0v) is 27.7. The van der Waals surface area contributed by atoms with E-state index < -0.39 is 0 Å². The maximum Gasteiger partial charge on any atom is 0.166 e. The van der Waals surface area contributed by atoms with Crippen LogP contribution in [-0.2, 0) is 4.74 Å². The van der Waals surface area contributed by atoms with Crippen LogP contribution in [0.3, 0.4) is 0 Å². The number of hydrogen-bond acceptors (Lipinski definition) is 4. The summed E-state index contributed by atoms with van der Waals surface area (Å²) in [4.78, 5) is 2.55. The molecule has 0 spiro atoms. The van der Waals surface area contributed by atoms with Crippen molar-refractivity contribution < 1.29 is 9.84 Å². The van der Waals surface area contributed by atoms with Crippen LogP contribution in [0.1, 0.15) is 126 Å². The summed E-state index contributed by atoms with van der Waals surface area (Å²) in [6.45, 7) is 21.9. The zero-order chi connectivity index (χ0) is 28.8. The largest absolute Gasteiger partial charge is 0.485 e. The second-order valence-electron chi connectivity index (χ2n) is 17.4. The average molecular weight is 570 g/mol. The van der Waals surface area contributed by atoms with Gasteiger partial charge in [-0.2, -0.15) is 0 Å². The van der Waals surface area contributed by atoms with Gasteiger partial charge in [-0.15, -0.1) is 0 Å². The molecule has 0 unspecified atom stereocenters. The molecule has 3 nitrogen and oxygen atoms in total. The third-order valence-electron chi connectivity index (χ3n) is 14.9. The fourth-order valence-electron chi connectivity index (χ4n) is 12.0. The predicted octanol–water partition coefficient (Wildman–Crippen LogP) is 8.59. The first-order valence-corrected chi connectivity index (χ1v) is 17.4. The Balaban J connectivity index is 1.32. The summed E-state index contributed by atoms with van der Waals surface area (Å²) in [6.07, 6.45) is 17.3. The maximum absolute atomic E-state index is 11.0. The Morgan fingerprint density at radius 3 is 2.35 bits per heavy atom. The van der Waals surface area contributed by atoms with Gasteiger partial charge in [0.1, 0.15) is 6.61 Å². The number of fused-ring (bicyclic) bond motifs is 7. The minimum atomic E-state index is -0.161. The lowest BCUT2D eigenvalue weighted by Gasteiger charge is -2.71. The molecule has 0 aromatic heterocycles. The summed E-state index contributed by atoms with van der Waals surface area (Å²) >= 11 is 6.29. The van der Waals surface area contributed by atoms with E-state index in [9.17, 15) is 5.11 Å². The molecule has 6 rings (SSSR count). The second kappa shape index (κ2) is 9.78. The van der Waals surface area contributed by atoms with E-state index in [1.807, 2.05) is 0 Å². The van der Waals surface area contributed by atoms with Crippen molar-refractivity contribution >= 4 is 17.3 Å². The summed E-state index contributed by atoms with van der Waals surface area (Å²) in [5.74, 6) is 1.81. The average Bonchev–Trinajstić information content (AvgIpc) is 3.40. The molecular weight excluding hydrogens is 510 g/mol. The Morgan fingerprint density at radius 2 is 1.62 bits per heavy atom. The highest BCUT2D eigenvalue weighted by Gasteiger charge is 2.68. The zero-order valence-electron chi connectivity index (χ0n) is 26.9. The van der Waals surface area contributed by atoms with Gasteiger partial charge in [-0.25, -0.2) is 0 Å². The molecule has 8 atom stereocenters. The molecule has 1 N–H and O–H groups in total. The van der Waals surface area contributed by atoms with Crippen molar-refractivity contribution in [3.05, 3.63) is 11.6 Å². The molecule has 0 amide bonds. The second-order valence-corrected chi connectivity index (χ2v) is 17.8. The molecule has 1 saturated heterocycles. The number of allylic oxidation sites excluding steroid dienone is 2. The van der Waals surface area contributed by atoms with Gasteiger partial charge in [0.25, 0.3) is 0 Å². The number of rotatable bonds is 4. The molecule has 0 bridgehead atoms. The van der Waals surface area contributed by atoms with Gasteiger partial charge in [0.2, 0.25) is 0 Å². The van der Waals surface area contributed by atoms with Crippen LogP contribution in [0.4, 0.5) is 0 Å². The van der Waals surface area contributed by atoms with Crippen LogP contribution in [0.5, 0.6) is 0 Å². The van der Waals surface area contributed by atoms with E-state index in [4.69, 9.17) is 17.0 Å². The number of aliphatic hydroxyl groups is 1. The third kappa shape index (κ3) is 4.18. The van der Waals surface area contributed by atoms with Crippen LogP contribution in [-0.4, -0.2) is 47.4 Å². The van der Waals surface area contributed by atoms with Gasteiger partial charge >= 0.3 is 0 Å². The molecule has 0 aromatic rings. The van der Waals surface area contributed by atoms with Crippen molar-refractivity contribution in [1.82, 2.24) is 4.90 Å². The number of hydrogen-bond donors (Lipinski definition) is 1. The lowest BCUT2D eigenvalue weighted by Crippen LogP contribution is -2.65. The van der Waals surface area contributed by atoms with E-state index in [0.717, 1.165) is 24.6 Å². The molecule has 5 aliphatic carbocycles. The fourth-order valence-corrected chi connectivity index (χ4v) is 12.4. The molecule has 6 aliphatic rings. The van der Waals surface area contributed by atoms with Gasteiger partial charge in [-0.05, 0) is 147 Å². The van der Waals surface area contributed by atoms with Gasteiger partial charge in [0.05, 0.1) is 6.10 Å². The van der Waals surface area contributed by atoms with Crippen LogP contribution >= 0.6 is 12.2 Å².